The molecule has 0 bridgehead atoms. The van der Waals surface area contributed by atoms with Crippen LogP contribution in [0.1, 0.15) is 57.8 Å². The standard InChI is InChI=1S/C5H10.2C5H7.CH3.La/c3*1-2-4-5-3-1;;/h1-5H2;2*1-2,5H,3-4H2;1H3;/q;3*-1;+3. The Kier molecular flexibility index (Phi) is 19.6. The van der Waals surface area contributed by atoms with Crippen LogP contribution in [0, 0.1) is 55.9 Å². The van der Waals surface area contributed by atoms with Crippen LogP contribution in [-0.4, -0.2) is 0 Å². The summed E-state index contributed by atoms with van der Waals surface area (Å²) in [4.78, 5) is 0. The number of rotatable bonds is 0. The number of allylic oxidation sites excluding steroid dienone is 4. The number of hydrogen-bond acceptors (Lipinski definition) is 0. The summed E-state index contributed by atoms with van der Waals surface area (Å²) >= 11 is 0. The first kappa shape index (κ1) is 20.0. The molecule has 0 aliphatic heterocycles. The van der Waals surface area contributed by atoms with Crippen molar-refractivity contribution >= 4 is 0 Å². The van der Waals surface area contributed by atoms with E-state index in [2.05, 4.69) is 37.1 Å². The summed E-state index contributed by atoms with van der Waals surface area (Å²) in [6.45, 7) is 0. The van der Waals surface area contributed by atoms with Crippen molar-refractivity contribution in [1.82, 2.24) is 0 Å². The second-order valence-electron chi connectivity index (χ2n) is 4.23. The molecule has 0 radical (unpaired) electrons. The van der Waals surface area contributed by atoms with Gasteiger partial charge in [-0.15, -0.1) is 24.3 Å². The molecule has 0 aromatic rings. The van der Waals surface area contributed by atoms with Crippen LogP contribution < -0.4 is 0 Å². The minimum Gasteiger partial charge on any atom is -0.358 e. The van der Waals surface area contributed by atoms with Gasteiger partial charge in [-0.25, -0.2) is 0 Å². The van der Waals surface area contributed by atoms with Crippen LogP contribution in [0.3, 0.4) is 0 Å². The molecule has 0 aromatic heterocycles. The van der Waals surface area contributed by atoms with E-state index in [1.165, 1.54) is 57.8 Å². The minimum absolute atomic E-state index is 0. The predicted molar refractivity (Wildman–Crippen MR) is 74.8 cm³/mol. The monoisotopic (exact) mass is 358 g/mol. The smallest absolute Gasteiger partial charge is 0.358 e. The Bertz CT molecular complexity index is 142. The van der Waals surface area contributed by atoms with Crippen molar-refractivity contribution < 1.29 is 35.6 Å². The van der Waals surface area contributed by atoms with Crippen molar-refractivity contribution in [2.75, 3.05) is 0 Å². The average molecular weight is 358 g/mol. The second kappa shape index (κ2) is 16.7. The Morgan fingerprint density at radius 3 is 0.882 bits per heavy atom. The molecule has 0 spiro atoms. The maximum Gasteiger partial charge on any atom is 3.00 e. The van der Waals surface area contributed by atoms with E-state index >= 15 is 0 Å². The van der Waals surface area contributed by atoms with E-state index in [0.29, 0.717) is 0 Å². The molecule has 0 amide bonds. The Balaban J connectivity index is 0. The van der Waals surface area contributed by atoms with Gasteiger partial charge in [0.1, 0.15) is 0 Å². The van der Waals surface area contributed by atoms with E-state index in [0.717, 1.165) is 0 Å². The van der Waals surface area contributed by atoms with Crippen molar-refractivity contribution in [3.63, 3.8) is 0 Å². The molecule has 0 nitrogen and oxygen atoms in total. The fourth-order valence-electron chi connectivity index (χ4n) is 1.85. The quantitative estimate of drug-likeness (QED) is 0.397. The molecule has 0 N–H and O–H groups in total. The van der Waals surface area contributed by atoms with Crippen LogP contribution in [0.4, 0.5) is 0 Å². The van der Waals surface area contributed by atoms with E-state index in [9.17, 15) is 0 Å². The van der Waals surface area contributed by atoms with Crippen LogP contribution in [0.2, 0.25) is 0 Å². The van der Waals surface area contributed by atoms with Gasteiger partial charge in [0, 0.05) is 0 Å². The summed E-state index contributed by atoms with van der Waals surface area (Å²) in [7, 11) is 0. The molecule has 17 heavy (non-hydrogen) atoms. The van der Waals surface area contributed by atoms with Crippen LogP contribution in [0.5, 0.6) is 0 Å². The van der Waals surface area contributed by atoms with Crippen LogP contribution in [-0.2, 0) is 0 Å². The van der Waals surface area contributed by atoms with E-state index < -0.39 is 0 Å². The molecule has 0 unspecified atom stereocenters. The first-order valence-corrected chi connectivity index (χ1v) is 6.43. The maximum absolute atomic E-state index is 2.25. The normalized spacial score (nSPS) is 19.3. The summed E-state index contributed by atoms with van der Waals surface area (Å²) in [6, 6.07) is 0. The zero-order valence-corrected chi connectivity index (χ0v) is 15.0. The predicted octanol–water partition coefficient (Wildman–Crippen LogP) is 5.48. The number of hydrogen-bond donors (Lipinski definition) is 0. The van der Waals surface area contributed by atoms with Gasteiger partial charge >= 0.3 is 35.6 Å². The van der Waals surface area contributed by atoms with E-state index in [1.54, 1.807) is 0 Å². The van der Waals surface area contributed by atoms with E-state index in [-0.39, 0.29) is 43.0 Å². The van der Waals surface area contributed by atoms with Gasteiger partial charge in [-0.05, 0) is 0 Å². The summed E-state index contributed by atoms with van der Waals surface area (Å²) < 4.78 is 0. The molecular formula is C16H27La. The largest absolute Gasteiger partial charge is 3.00 e. The van der Waals surface area contributed by atoms with Crippen LogP contribution >= 0.6 is 0 Å². The molecule has 3 aliphatic carbocycles. The Labute approximate surface area is 137 Å². The molecule has 3 rings (SSSR count). The third-order valence-corrected chi connectivity index (χ3v) is 2.79. The SMILES string of the molecule is C1=CC[CH-]C1.C1=CC[CH-]C1.C1CCCC1.[CH3-].[La+3]. The third kappa shape index (κ3) is 14.6. The van der Waals surface area contributed by atoms with Crippen molar-refractivity contribution in [2.24, 2.45) is 0 Å². The van der Waals surface area contributed by atoms with Crippen molar-refractivity contribution in [2.45, 2.75) is 57.8 Å². The molecule has 0 saturated heterocycles. The molecule has 3 aliphatic rings. The van der Waals surface area contributed by atoms with Crippen LogP contribution in [0.25, 0.3) is 0 Å². The first-order valence-electron chi connectivity index (χ1n) is 6.43. The fraction of sp³-hybridized carbons (Fsp3) is 0.562. The van der Waals surface area contributed by atoms with Gasteiger partial charge in [0.2, 0.25) is 0 Å². The van der Waals surface area contributed by atoms with Gasteiger partial charge in [0.05, 0.1) is 0 Å². The molecule has 94 valence electrons. The van der Waals surface area contributed by atoms with E-state index in [4.69, 9.17) is 0 Å². The fourth-order valence-corrected chi connectivity index (χ4v) is 1.85. The molecule has 0 aromatic carbocycles. The molecule has 0 heterocycles. The Morgan fingerprint density at radius 2 is 0.765 bits per heavy atom. The van der Waals surface area contributed by atoms with Crippen molar-refractivity contribution in [1.29, 1.82) is 0 Å². The van der Waals surface area contributed by atoms with Crippen molar-refractivity contribution in [3.05, 3.63) is 44.6 Å². The molecule has 0 atom stereocenters. The van der Waals surface area contributed by atoms with Gasteiger partial charge in [-0.2, -0.15) is 25.7 Å². The third-order valence-electron chi connectivity index (χ3n) is 2.79. The Hall–Kier alpha value is 0.675. The Morgan fingerprint density at radius 1 is 0.529 bits per heavy atom. The van der Waals surface area contributed by atoms with Gasteiger partial charge in [-0.3, -0.25) is 0 Å². The zero-order valence-electron chi connectivity index (χ0n) is 11.4. The summed E-state index contributed by atoms with van der Waals surface area (Å²) in [5, 5.41) is 0. The molecule has 1 saturated carbocycles. The topological polar surface area (TPSA) is 0 Å². The molecule has 1 fully saturated rings. The summed E-state index contributed by atoms with van der Waals surface area (Å²) in [5.74, 6) is 0. The van der Waals surface area contributed by atoms with Gasteiger partial charge < -0.3 is 20.3 Å². The first-order chi connectivity index (χ1) is 7.50. The van der Waals surface area contributed by atoms with Gasteiger partial charge in [0.25, 0.3) is 0 Å². The zero-order chi connectivity index (χ0) is 10.6. The van der Waals surface area contributed by atoms with E-state index in [1.807, 2.05) is 0 Å². The van der Waals surface area contributed by atoms with Crippen LogP contribution in [0.15, 0.2) is 24.3 Å². The van der Waals surface area contributed by atoms with Gasteiger partial charge in [-0.1, -0.05) is 32.1 Å². The maximum atomic E-state index is 2.25. The van der Waals surface area contributed by atoms with Crippen molar-refractivity contribution in [3.8, 4) is 0 Å². The minimum atomic E-state index is 0. The second-order valence-corrected chi connectivity index (χ2v) is 4.23. The van der Waals surface area contributed by atoms with Gasteiger partial charge in [0.15, 0.2) is 0 Å². The summed E-state index contributed by atoms with van der Waals surface area (Å²) in [6.07, 6.45) is 25.5. The average Bonchev–Trinajstić information content (AvgIpc) is 3.09. The molecular weight excluding hydrogens is 331 g/mol. The summed E-state index contributed by atoms with van der Waals surface area (Å²) in [5.41, 5.74) is 0. The molecule has 1 heteroatoms.